The molecule has 1 aromatic carbocycles. The summed E-state index contributed by atoms with van der Waals surface area (Å²) in [6.07, 6.45) is -0.431. The van der Waals surface area contributed by atoms with E-state index in [0.717, 1.165) is 5.76 Å². The molecular formula is C17H19NO5. The lowest BCUT2D eigenvalue weighted by Gasteiger charge is -2.38. The van der Waals surface area contributed by atoms with Gasteiger partial charge in [0, 0.05) is 0 Å². The van der Waals surface area contributed by atoms with Crippen LogP contribution in [-0.4, -0.2) is 42.4 Å². The van der Waals surface area contributed by atoms with Crippen LogP contribution in [-0.2, 0) is 16.0 Å². The normalized spacial score (nSPS) is 32.8. The summed E-state index contributed by atoms with van der Waals surface area (Å²) in [5, 5.41) is 14.0. The van der Waals surface area contributed by atoms with Crippen molar-refractivity contribution in [2.45, 2.75) is 37.2 Å². The monoisotopic (exact) mass is 317 g/mol. The number of para-hydroxylation sites is 1. The van der Waals surface area contributed by atoms with Crippen molar-refractivity contribution in [1.82, 2.24) is 5.32 Å². The molecule has 6 nitrogen and oxygen atoms in total. The van der Waals surface area contributed by atoms with Gasteiger partial charge in [-0.2, -0.15) is 0 Å². The number of ether oxygens (including phenoxy) is 3. The number of rotatable bonds is 5. The van der Waals surface area contributed by atoms with Gasteiger partial charge in [-0.15, -0.1) is 0 Å². The molecule has 0 radical (unpaired) electrons. The smallest absolute Gasteiger partial charge is 0.197 e. The van der Waals surface area contributed by atoms with Crippen LogP contribution in [0.5, 0.6) is 5.75 Å². The topological polar surface area (TPSA) is 73.1 Å². The molecule has 2 aliphatic rings. The fourth-order valence-electron chi connectivity index (χ4n) is 3.05. The predicted molar refractivity (Wildman–Crippen MR) is 80.8 cm³/mol. The number of fused-ring (bicyclic) bond motifs is 2. The van der Waals surface area contributed by atoms with Crippen LogP contribution < -0.4 is 10.1 Å². The minimum absolute atomic E-state index is 0.194. The van der Waals surface area contributed by atoms with Crippen molar-refractivity contribution in [3.05, 3.63) is 54.5 Å². The molecule has 5 unspecified atom stereocenters. The second kappa shape index (κ2) is 6.33. The second-order valence-corrected chi connectivity index (χ2v) is 5.75. The molecule has 1 aromatic heterocycles. The maximum Gasteiger partial charge on any atom is 0.197 e. The van der Waals surface area contributed by atoms with Gasteiger partial charge in [-0.05, 0) is 24.3 Å². The van der Waals surface area contributed by atoms with Gasteiger partial charge in [0.05, 0.1) is 25.5 Å². The van der Waals surface area contributed by atoms with Gasteiger partial charge in [0.15, 0.2) is 12.4 Å². The quantitative estimate of drug-likeness (QED) is 0.866. The largest absolute Gasteiger partial charge is 0.482 e. The molecular weight excluding hydrogens is 298 g/mol. The van der Waals surface area contributed by atoms with Crippen LogP contribution in [0.4, 0.5) is 0 Å². The third-order valence-corrected chi connectivity index (χ3v) is 4.21. The van der Waals surface area contributed by atoms with Crippen molar-refractivity contribution in [1.29, 1.82) is 0 Å². The average molecular weight is 317 g/mol. The third-order valence-electron chi connectivity index (χ3n) is 4.21. The van der Waals surface area contributed by atoms with E-state index >= 15 is 0 Å². The molecule has 23 heavy (non-hydrogen) atoms. The van der Waals surface area contributed by atoms with Crippen LogP contribution in [0.2, 0.25) is 0 Å². The number of benzene rings is 1. The fourth-order valence-corrected chi connectivity index (χ4v) is 3.05. The summed E-state index contributed by atoms with van der Waals surface area (Å²) in [5.41, 5.74) is 0. The number of hydrogen-bond donors (Lipinski definition) is 2. The molecule has 0 spiro atoms. The van der Waals surface area contributed by atoms with Gasteiger partial charge < -0.3 is 29.1 Å². The molecule has 2 aromatic rings. The zero-order chi connectivity index (χ0) is 15.6. The van der Waals surface area contributed by atoms with Crippen molar-refractivity contribution >= 4 is 0 Å². The summed E-state index contributed by atoms with van der Waals surface area (Å²) in [4.78, 5) is 0. The van der Waals surface area contributed by atoms with E-state index in [-0.39, 0.29) is 12.1 Å². The Morgan fingerprint density at radius 3 is 2.83 bits per heavy atom. The first kappa shape index (κ1) is 14.7. The summed E-state index contributed by atoms with van der Waals surface area (Å²) >= 11 is 0. The van der Waals surface area contributed by atoms with Gasteiger partial charge in [-0.3, -0.25) is 0 Å². The SMILES string of the molecule is OC1C(NCc2ccco2)C2COC(O2)C1Oc1ccccc1. The number of aliphatic hydroxyl groups excluding tert-OH is 1. The fraction of sp³-hybridized carbons (Fsp3) is 0.412. The minimum atomic E-state index is -0.739. The molecule has 0 saturated carbocycles. The molecule has 0 amide bonds. The molecule has 2 N–H and O–H groups in total. The average Bonchev–Trinajstić information content (AvgIpc) is 3.23. The summed E-state index contributed by atoms with van der Waals surface area (Å²) in [7, 11) is 0. The van der Waals surface area contributed by atoms with Crippen molar-refractivity contribution in [2.24, 2.45) is 0 Å². The Morgan fingerprint density at radius 2 is 2.04 bits per heavy atom. The first-order chi connectivity index (χ1) is 11.3. The Bertz CT molecular complexity index is 617. The van der Waals surface area contributed by atoms with Crippen molar-refractivity contribution in [2.75, 3.05) is 6.61 Å². The van der Waals surface area contributed by atoms with Crippen LogP contribution >= 0.6 is 0 Å². The van der Waals surface area contributed by atoms with Gasteiger partial charge in [-0.25, -0.2) is 0 Å². The van der Waals surface area contributed by atoms with E-state index in [1.807, 2.05) is 42.5 Å². The van der Waals surface area contributed by atoms with Gasteiger partial charge in [0.1, 0.15) is 23.7 Å². The summed E-state index contributed by atoms with van der Waals surface area (Å²) in [5.74, 6) is 1.48. The highest BCUT2D eigenvalue weighted by Gasteiger charge is 2.51. The Hall–Kier alpha value is -1.86. The standard InChI is InChI=1S/C17H19NO5/c19-15-14(18-9-12-7-4-8-20-12)13-10-21-17(23-13)16(15)22-11-5-2-1-3-6-11/h1-8,13-19H,9-10H2. The molecule has 2 bridgehead atoms. The Balaban J connectivity index is 1.47. The van der Waals surface area contributed by atoms with E-state index < -0.39 is 18.5 Å². The first-order valence-electron chi connectivity index (χ1n) is 7.74. The molecule has 0 aliphatic carbocycles. The van der Waals surface area contributed by atoms with Crippen molar-refractivity contribution in [3.63, 3.8) is 0 Å². The lowest BCUT2D eigenvalue weighted by molar-refractivity contribution is -0.194. The third kappa shape index (κ3) is 2.98. The summed E-state index contributed by atoms with van der Waals surface area (Å²) < 4.78 is 22.7. The van der Waals surface area contributed by atoms with Crippen molar-refractivity contribution < 1.29 is 23.7 Å². The first-order valence-corrected chi connectivity index (χ1v) is 7.74. The number of furan rings is 1. The minimum Gasteiger partial charge on any atom is -0.482 e. The summed E-state index contributed by atoms with van der Waals surface area (Å²) in [6.45, 7) is 0.948. The molecule has 4 rings (SSSR count). The van der Waals surface area contributed by atoms with E-state index in [4.69, 9.17) is 18.6 Å². The highest BCUT2D eigenvalue weighted by molar-refractivity contribution is 5.22. The Labute approximate surface area is 134 Å². The Kier molecular flexibility index (Phi) is 4.05. The highest BCUT2D eigenvalue weighted by atomic mass is 16.7. The lowest BCUT2D eigenvalue weighted by Crippen LogP contribution is -2.61. The molecule has 3 heterocycles. The number of hydrogen-bond acceptors (Lipinski definition) is 6. The zero-order valence-electron chi connectivity index (χ0n) is 12.5. The molecule has 5 atom stereocenters. The van der Waals surface area contributed by atoms with Crippen LogP contribution in [0.3, 0.4) is 0 Å². The van der Waals surface area contributed by atoms with Gasteiger partial charge in [0.2, 0.25) is 0 Å². The Morgan fingerprint density at radius 1 is 1.17 bits per heavy atom. The highest BCUT2D eigenvalue weighted by Crippen LogP contribution is 2.31. The van der Waals surface area contributed by atoms with Crippen LogP contribution in [0.1, 0.15) is 5.76 Å². The molecule has 2 fully saturated rings. The van der Waals surface area contributed by atoms with Gasteiger partial charge >= 0.3 is 0 Å². The lowest BCUT2D eigenvalue weighted by atomic mass is 9.97. The van der Waals surface area contributed by atoms with Crippen LogP contribution in [0.15, 0.2) is 53.1 Å². The molecule has 122 valence electrons. The van der Waals surface area contributed by atoms with E-state index in [1.54, 1.807) is 6.26 Å². The second-order valence-electron chi connectivity index (χ2n) is 5.75. The van der Waals surface area contributed by atoms with Crippen LogP contribution in [0.25, 0.3) is 0 Å². The van der Waals surface area contributed by atoms with Gasteiger partial charge in [-0.1, -0.05) is 18.2 Å². The van der Waals surface area contributed by atoms with Gasteiger partial charge in [0.25, 0.3) is 0 Å². The zero-order valence-corrected chi connectivity index (χ0v) is 12.5. The maximum absolute atomic E-state index is 10.7. The number of nitrogens with one attached hydrogen (secondary N) is 1. The predicted octanol–water partition coefficient (Wildman–Crippen LogP) is 1.30. The molecule has 2 saturated heterocycles. The molecule has 6 heteroatoms. The van der Waals surface area contributed by atoms with E-state index in [1.165, 1.54) is 0 Å². The summed E-state index contributed by atoms with van der Waals surface area (Å²) in [6, 6.07) is 12.8. The van der Waals surface area contributed by atoms with Crippen molar-refractivity contribution in [3.8, 4) is 5.75 Å². The van der Waals surface area contributed by atoms with E-state index in [2.05, 4.69) is 5.32 Å². The van der Waals surface area contributed by atoms with Crippen LogP contribution in [0, 0.1) is 0 Å². The molecule has 2 aliphatic heterocycles. The van der Waals surface area contributed by atoms with E-state index in [0.29, 0.717) is 18.9 Å². The number of aliphatic hydroxyl groups is 1. The van der Waals surface area contributed by atoms with E-state index in [9.17, 15) is 5.11 Å². The maximum atomic E-state index is 10.7.